The van der Waals surface area contributed by atoms with Crippen molar-refractivity contribution in [3.63, 3.8) is 0 Å². The number of carbonyl (C=O) groups excluding carboxylic acids is 3. The van der Waals surface area contributed by atoms with E-state index in [1.165, 1.54) is 24.5 Å². The quantitative estimate of drug-likeness (QED) is 0.0603. The largest absolute Gasteiger partial charge is 0.480 e. The number of aliphatic carboxylic acids is 2. The Morgan fingerprint density at radius 1 is 1.17 bits per heavy atom. The number of benzene rings is 1. The van der Waals surface area contributed by atoms with Crippen LogP contribution in [0.5, 0.6) is 11.8 Å². The van der Waals surface area contributed by atoms with Gasteiger partial charge in [-0.2, -0.15) is 4.98 Å². The second-order valence-corrected chi connectivity index (χ2v) is 14.1. The lowest BCUT2D eigenvalue weighted by Gasteiger charge is -2.22. The molecule has 4 aromatic rings. The number of pyridine rings is 1. The standard InChI is InChI=1S/C33H37N7O10S2/c1-3-49-13-17-11-36-32(51-14-16(28(44)35-12-24(42)43)10-18(41)4-6-20(34)31(46)47)39-30(17)50-23-9-5-19-21(38-23)7-8-22-25(19)26-27(52-22)29(45)40-33(2,48)15-37-26/h5,7-9,11,16,20,37,48H,3-4,6,10,12-15,34H2,1-2H3,(H,35,44)(H,40,45)(H,42,43)(H,46,47)/t16-,20-,33-/m0/s1. The van der Waals surface area contributed by atoms with E-state index in [4.69, 9.17) is 25.4 Å². The van der Waals surface area contributed by atoms with E-state index < -0.39 is 47.9 Å². The SMILES string of the molecule is CCOCc1cnc(SC[C@H](CC(=O)CC[C@H](N)C(=O)O)C(=O)NCC(=O)O)nc1Oc1ccc2c(ccc3sc4c(c32)NC[C@](C)(O)NC4=O)n1. The molecule has 0 unspecified atom stereocenters. The number of nitrogens with two attached hydrogens (primary N) is 1. The first-order valence-corrected chi connectivity index (χ1v) is 17.9. The van der Waals surface area contributed by atoms with E-state index >= 15 is 0 Å². The van der Waals surface area contributed by atoms with Gasteiger partial charge in [-0.1, -0.05) is 11.8 Å². The van der Waals surface area contributed by atoms with Crippen molar-refractivity contribution in [2.24, 2.45) is 11.7 Å². The molecule has 8 N–H and O–H groups in total. The van der Waals surface area contributed by atoms with Gasteiger partial charge in [0.05, 0.1) is 35.8 Å². The molecule has 276 valence electrons. The molecule has 17 nitrogen and oxygen atoms in total. The molecule has 1 aliphatic rings. The number of carboxylic acids is 2. The van der Waals surface area contributed by atoms with Crippen LogP contribution in [0, 0.1) is 5.92 Å². The molecule has 0 radical (unpaired) electrons. The number of carbonyl (C=O) groups is 5. The van der Waals surface area contributed by atoms with Gasteiger partial charge < -0.3 is 46.5 Å². The Labute approximate surface area is 304 Å². The highest BCUT2D eigenvalue weighted by Crippen LogP contribution is 2.42. The average molecular weight is 756 g/mol. The molecule has 1 aliphatic heterocycles. The fraction of sp³-hybridized carbons (Fsp3) is 0.394. The number of ketones is 1. The third-order valence-electron chi connectivity index (χ3n) is 7.88. The molecule has 4 heterocycles. The minimum atomic E-state index is -1.43. The summed E-state index contributed by atoms with van der Waals surface area (Å²) in [5.41, 5.74) is 5.76. The number of nitrogens with one attached hydrogen (secondary N) is 3. The molecule has 0 saturated heterocycles. The van der Waals surface area contributed by atoms with Gasteiger partial charge in [0.1, 0.15) is 23.2 Å². The molecule has 0 spiro atoms. The number of hydrogen-bond donors (Lipinski definition) is 7. The average Bonchev–Trinajstić information content (AvgIpc) is 3.44. The summed E-state index contributed by atoms with van der Waals surface area (Å²) in [6.07, 6.45) is 0.942. The van der Waals surface area contributed by atoms with E-state index in [9.17, 15) is 29.1 Å². The number of thiophene rings is 1. The number of anilines is 1. The zero-order chi connectivity index (χ0) is 37.6. The van der Waals surface area contributed by atoms with E-state index in [2.05, 4.69) is 30.9 Å². The molecule has 2 amide bonds. The number of β-amino-alcohol motifs (C(OH)–C–C–N with tert-alkyl or cyclic N) is 1. The normalized spacial score (nSPS) is 16.7. The fourth-order valence-corrected chi connectivity index (χ4v) is 7.23. The third kappa shape index (κ3) is 9.48. The summed E-state index contributed by atoms with van der Waals surface area (Å²) in [6.45, 7) is 3.33. The van der Waals surface area contributed by atoms with Gasteiger partial charge in [0, 0.05) is 52.9 Å². The van der Waals surface area contributed by atoms with Crippen LogP contribution in [-0.2, 0) is 30.5 Å². The minimum absolute atomic E-state index is 0.0108. The summed E-state index contributed by atoms with van der Waals surface area (Å²) < 4.78 is 12.6. The predicted octanol–water partition coefficient (Wildman–Crippen LogP) is 2.49. The van der Waals surface area contributed by atoms with Crippen LogP contribution in [-0.4, -0.2) is 97.0 Å². The number of rotatable bonds is 17. The number of Topliss-reactive ketones (excluding diaryl/α,β-unsaturated/α-hetero) is 1. The summed E-state index contributed by atoms with van der Waals surface area (Å²) >= 11 is 2.34. The summed E-state index contributed by atoms with van der Waals surface area (Å²) in [5.74, 6) is -4.63. The first kappa shape index (κ1) is 38.3. The number of amides is 2. The highest BCUT2D eigenvalue weighted by molar-refractivity contribution is 7.99. The maximum absolute atomic E-state index is 12.9. The Kier molecular flexibility index (Phi) is 12.2. The van der Waals surface area contributed by atoms with Gasteiger partial charge in [-0.3, -0.25) is 24.0 Å². The Bertz CT molecular complexity index is 2020. The zero-order valence-electron chi connectivity index (χ0n) is 28.1. The lowest BCUT2D eigenvalue weighted by molar-refractivity contribution is -0.139. The lowest BCUT2D eigenvalue weighted by atomic mass is 9.99. The van der Waals surface area contributed by atoms with Crippen molar-refractivity contribution in [2.75, 3.05) is 30.8 Å². The Balaban J connectivity index is 1.37. The van der Waals surface area contributed by atoms with Gasteiger partial charge in [0.25, 0.3) is 5.91 Å². The number of hydrogen-bond acceptors (Lipinski definition) is 15. The summed E-state index contributed by atoms with van der Waals surface area (Å²) in [7, 11) is 0. The number of nitrogens with zero attached hydrogens (tertiary/aromatic N) is 3. The second kappa shape index (κ2) is 16.6. The minimum Gasteiger partial charge on any atom is -0.480 e. The molecule has 0 bridgehead atoms. The maximum Gasteiger partial charge on any atom is 0.322 e. The number of ether oxygens (including phenoxy) is 2. The summed E-state index contributed by atoms with van der Waals surface area (Å²) in [4.78, 5) is 74.5. The smallest absolute Gasteiger partial charge is 0.322 e. The number of aliphatic hydroxyl groups is 1. The third-order valence-corrected chi connectivity index (χ3v) is 10.1. The first-order valence-electron chi connectivity index (χ1n) is 16.1. The molecular formula is C33H37N7O10S2. The van der Waals surface area contributed by atoms with E-state index in [0.29, 0.717) is 28.3 Å². The van der Waals surface area contributed by atoms with Crippen molar-refractivity contribution in [1.82, 2.24) is 25.6 Å². The Morgan fingerprint density at radius 2 is 1.96 bits per heavy atom. The van der Waals surface area contributed by atoms with Gasteiger partial charge in [0.15, 0.2) is 10.9 Å². The zero-order valence-corrected chi connectivity index (χ0v) is 29.8. The van der Waals surface area contributed by atoms with E-state index in [1.54, 1.807) is 6.07 Å². The molecular weight excluding hydrogens is 719 g/mol. The monoisotopic (exact) mass is 755 g/mol. The van der Waals surface area contributed by atoms with Crippen LogP contribution in [0.2, 0.25) is 0 Å². The van der Waals surface area contributed by atoms with E-state index in [-0.39, 0.29) is 61.0 Å². The van der Waals surface area contributed by atoms with Crippen molar-refractivity contribution < 1.29 is 48.8 Å². The maximum atomic E-state index is 12.9. The van der Waals surface area contributed by atoms with Gasteiger partial charge in [-0.15, -0.1) is 11.3 Å². The summed E-state index contributed by atoms with van der Waals surface area (Å²) in [6, 6.07) is 5.90. The molecule has 3 aromatic heterocycles. The van der Waals surface area contributed by atoms with Crippen LogP contribution in [0.25, 0.3) is 21.0 Å². The van der Waals surface area contributed by atoms with Crippen LogP contribution in [0.4, 0.5) is 5.69 Å². The fourth-order valence-electron chi connectivity index (χ4n) is 5.24. The van der Waals surface area contributed by atoms with Crippen LogP contribution < -0.4 is 26.4 Å². The molecule has 19 heteroatoms. The second-order valence-electron chi connectivity index (χ2n) is 12.1. The molecule has 52 heavy (non-hydrogen) atoms. The highest BCUT2D eigenvalue weighted by Gasteiger charge is 2.32. The van der Waals surface area contributed by atoms with E-state index in [1.807, 2.05) is 25.1 Å². The van der Waals surface area contributed by atoms with Gasteiger partial charge in [-0.05, 0) is 38.5 Å². The molecule has 0 fully saturated rings. The Morgan fingerprint density at radius 3 is 2.69 bits per heavy atom. The molecule has 0 aliphatic carbocycles. The number of carboxylic acid groups (broad SMARTS) is 2. The number of fused-ring (bicyclic) bond motifs is 5. The van der Waals surface area contributed by atoms with Crippen molar-refractivity contribution in [1.29, 1.82) is 0 Å². The van der Waals surface area contributed by atoms with Gasteiger partial charge in [-0.25, -0.2) is 9.97 Å². The van der Waals surface area contributed by atoms with Crippen molar-refractivity contribution in [3.05, 3.63) is 40.9 Å². The van der Waals surface area contributed by atoms with Crippen LogP contribution in [0.3, 0.4) is 0 Å². The van der Waals surface area contributed by atoms with Gasteiger partial charge in [0.2, 0.25) is 17.7 Å². The molecule has 3 atom stereocenters. The van der Waals surface area contributed by atoms with Crippen molar-refractivity contribution in [2.45, 2.75) is 56.6 Å². The molecule has 5 rings (SSSR count). The highest BCUT2D eigenvalue weighted by atomic mass is 32.2. The van der Waals surface area contributed by atoms with Crippen LogP contribution in [0.1, 0.15) is 48.3 Å². The molecule has 0 saturated carbocycles. The topological polar surface area (TPSA) is 265 Å². The summed E-state index contributed by atoms with van der Waals surface area (Å²) in [5, 5.41) is 38.3. The van der Waals surface area contributed by atoms with Crippen molar-refractivity contribution >= 4 is 79.3 Å². The first-order chi connectivity index (χ1) is 24.7. The van der Waals surface area contributed by atoms with Crippen molar-refractivity contribution in [3.8, 4) is 11.8 Å². The van der Waals surface area contributed by atoms with Crippen LogP contribution >= 0.6 is 23.1 Å². The van der Waals surface area contributed by atoms with Gasteiger partial charge >= 0.3 is 11.9 Å². The Hall–Kier alpha value is -4.95. The van der Waals surface area contributed by atoms with E-state index in [0.717, 1.165) is 27.2 Å². The molecule has 1 aromatic carbocycles. The number of thioether (sulfide) groups is 1. The lowest BCUT2D eigenvalue weighted by Crippen LogP contribution is -2.48. The predicted molar refractivity (Wildman–Crippen MR) is 190 cm³/mol. The number of aromatic nitrogens is 3. The van der Waals surface area contributed by atoms with Crippen LogP contribution in [0.15, 0.2) is 35.6 Å².